The number of fused-ring (bicyclic) bond motifs is 1. The van der Waals surface area contributed by atoms with Gasteiger partial charge in [-0.25, -0.2) is 9.37 Å². The van der Waals surface area contributed by atoms with Gasteiger partial charge in [-0.1, -0.05) is 47.5 Å². The Balaban J connectivity index is 1.80. The van der Waals surface area contributed by atoms with Crippen LogP contribution in [0.5, 0.6) is 0 Å². The molecule has 7 heteroatoms. The molecule has 4 aromatic rings. The Morgan fingerprint density at radius 2 is 1.64 bits per heavy atom. The van der Waals surface area contributed by atoms with Crippen LogP contribution in [-0.4, -0.2) is 4.98 Å². The van der Waals surface area contributed by atoms with E-state index >= 15 is 0 Å². The van der Waals surface area contributed by atoms with Gasteiger partial charge < -0.3 is 16.4 Å². The third kappa shape index (κ3) is 3.67. The Morgan fingerprint density at radius 3 is 2.43 bits per heavy atom. The summed E-state index contributed by atoms with van der Waals surface area (Å²) in [5.41, 5.74) is 8.87. The Labute approximate surface area is 171 Å². The number of hydrogen-bond acceptors (Lipinski definition) is 4. The zero-order chi connectivity index (χ0) is 19.7. The third-order valence-electron chi connectivity index (χ3n) is 4.21. The van der Waals surface area contributed by atoms with Crippen LogP contribution in [0.15, 0.2) is 66.7 Å². The number of nitrogens with one attached hydrogen (secondary N) is 2. The van der Waals surface area contributed by atoms with Gasteiger partial charge in [-0.15, -0.1) is 0 Å². The minimum absolute atomic E-state index is 0.240. The first-order valence-electron chi connectivity index (χ1n) is 8.44. The molecule has 4 nitrogen and oxygen atoms in total. The van der Waals surface area contributed by atoms with Crippen LogP contribution in [0.2, 0.25) is 10.0 Å². The normalized spacial score (nSPS) is 10.8. The highest BCUT2D eigenvalue weighted by atomic mass is 35.5. The number of halogens is 3. The molecule has 0 atom stereocenters. The average molecular weight is 413 g/mol. The van der Waals surface area contributed by atoms with Crippen LogP contribution in [0.4, 0.5) is 33.0 Å². The van der Waals surface area contributed by atoms with E-state index in [0.717, 1.165) is 5.69 Å². The molecular weight excluding hydrogens is 398 g/mol. The van der Waals surface area contributed by atoms with Gasteiger partial charge in [0.1, 0.15) is 17.2 Å². The van der Waals surface area contributed by atoms with E-state index < -0.39 is 5.82 Å². The van der Waals surface area contributed by atoms with Crippen molar-refractivity contribution in [2.45, 2.75) is 0 Å². The molecule has 1 aromatic heterocycles. The topological polar surface area (TPSA) is 63.0 Å². The molecule has 0 amide bonds. The molecule has 0 radical (unpaired) electrons. The molecule has 140 valence electrons. The number of rotatable bonds is 4. The highest BCUT2D eigenvalue weighted by Crippen LogP contribution is 2.33. The number of aromatic nitrogens is 1. The predicted molar refractivity (Wildman–Crippen MR) is 116 cm³/mol. The first-order valence-corrected chi connectivity index (χ1v) is 9.20. The Kier molecular flexibility index (Phi) is 4.94. The Hall–Kier alpha value is -3.02. The van der Waals surface area contributed by atoms with Gasteiger partial charge in [-0.2, -0.15) is 0 Å². The summed E-state index contributed by atoms with van der Waals surface area (Å²) in [5, 5.41) is 7.93. The number of pyridine rings is 1. The lowest BCUT2D eigenvalue weighted by atomic mass is 10.1. The molecule has 28 heavy (non-hydrogen) atoms. The van der Waals surface area contributed by atoms with Gasteiger partial charge in [0, 0.05) is 17.1 Å². The van der Waals surface area contributed by atoms with Gasteiger partial charge in [0.2, 0.25) is 0 Å². The number of anilines is 5. The van der Waals surface area contributed by atoms with Gasteiger partial charge >= 0.3 is 0 Å². The van der Waals surface area contributed by atoms with Crippen LogP contribution in [0.25, 0.3) is 10.9 Å². The zero-order valence-corrected chi connectivity index (χ0v) is 16.0. The first kappa shape index (κ1) is 18.3. The molecular formula is C21H15Cl2FN4. The number of hydrogen-bond donors (Lipinski definition) is 3. The SMILES string of the molecule is Nc1ccccc1Nc1cc(Nc2ccc(Cl)c(Cl)c2)c2cccc(F)c2n1. The summed E-state index contributed by atoms with van der Waals surface area (Å²) < 4.78 is 14.4. The van der Waals surface area contributed by atoms with Crippen LogP contribution in [0.1, 0.15) is 0 Å². The fourth-order valence-corrected chi connectivity index (χ4v) is 3.16. The van der Waals surface area contributed by atoms with Gasteiger partial charge in [0.05, 0.1) is 27.1 Å². The molecule has 0 unspecified atom stereocenters. The van der Waals surface area contributed by atoms with Crippen molar-refractivity contribution in [2.24, 2.45) is 0 Å². The molecule has 0 aliphatic rings. The Bertz CT molecular complexity index is 1180. The molecule has 0 spiro atoms. The smallest absolute Gasteiger partial charge is 0.149 e. The molecule has 1 heterocycles. The highest BCUT2D eigenvalue weighted by molar-refractivity contribution is 6.42. The van der Waals surface area contributed by atoms with Gasteiger partial charge in [-0.3, -0.25) is 0 Å². The summed E-state index contributed by atoms with van der Waals surface area (Å²) in [7, 11) is 0. The maximum atomic E-state index is 14.4. The summed E-state index contributed by atoms with van der Waals surface area (Å²) in [6.07, 6.45) is 0. The molecule has 0 saturated heterocycles. The van der Waals surface area contributed by atoms with Crippen LogP contribution in [0.3, 0.4) is 0 Å². The summed E-state index contributed by atoms with van der Waals surface area (Å²) in [5.74, 6) is 0.0393. The van der Waals surface area contributed by atoms with Gasteiger partial charge in [0.25, 0.3) is 0 Å². The van der Waals surface area contributed by atoms with E-state index in [2.05, 4.69) is 15.6 Å². The number of nitrogens with zero attached hydrogens (tertiary/aromatic N) is 1. The quantitative estimate of drug-likeness (QED) is 0.324. The predicted octanol–water partition coefficient (Wildman–Crippen LogP) is 6.75. The van der Waals surface area contributed by atoms with E-state index in [1.807, 2.05) is 18.2 Å². The van der Waals surface area contributed by atoms with Crippen LogP contribution < -0.4 is 16.4 Å². The number of nitrogens with two attached hydrogens (primary N) is 1. The van der Waals surface area contributed by atoms with Crippen LogP contribution >= 0.6 is 23.2 Å². The van der Waals surface area contributed by atoms with E-state index in [4.69, 9.17) is 28.9 Å². The lowest BCUT2D eigenvalue weighted by Crippen LogP contribution is -2.01. The molecule has 4 rings (SSSR count). The number of para-hydroxylation sites is 3. The summed E-state index contributed by atoms with van der Waals surface area (Å²) >= 11 is 12.1. The second-order valence-corrected chi connectivity index (χ2v) is 6.97. The van der Waals surface area contributed by atoms with E-state index in [0.29, 0.717) is 38.3 Å². The number of nitrogen functional groups attached to an aromatic ring is 1. The van der Waals surface area contributed by atoms with Crippen LogP contribution in [-0.2, 0) is 0 Å². The second-order valence-electron chi connectivity index (χ2n) is 6.16. The lowest BCUT2D eigenvalue weighted by molar-refractivity contribution is 0.637. The average Bonchev–Trinajstić information content (AvgIpc) is 2.67. The van der Waals surface area contributed by atoms with Gasteiger partial charge in [0.15, 0.2) is 0 Å². The van der Waals surface area contributed by atoms with E-state index in [9.17, 15) is 4.39 Å². The maximum Gasteiger partial charge on any atom is 0.149 e. The monoisotopic (exact) mass is 412 g/mol. The molecule has 0 fully saturated rings. The lowest BCUT2D eigenvalue weighted by Gasteiger charge is -2.14. The van der Waals surface area contributed by atoms with Crippen molar-refractivity contribution >= 4 is 62.7 Å². The van der Waals surface area contributed by atoms with Crippen molar-refractivity contribution in [2.75, 3.05) is 16.4 Å². The van der Waals surface area contributed by atoms with Crippen molar-refractivity contribution in [3.8, 4) is 0 Å². The summed E-state index contributed by atoms with van der Waals surface area (Å²) in [4.78, 5) is 4.42. The summed E-state index contributed by atoms with van der Waals surface area (Å²) in [6, 6.07) is 19.1. The van der Waals surface area contributed by atoms with Crippen molar-refractivity contribution in [1.29, 1.82) is 0 Å². The second kappa shape index (κ2) is 7.54. The largest absolute Gasteiger partial charge is 0.397 e. The molecule has 0 aliphatic heterocycles. The van der Waals surface area contributed by atoms with Crippen LogP contribution in [0, 0.1) is 5.82 Å². The van der Waals surface area contributed by atoms with E-state index in [1.54, 1.807) is 42.5 Å². The first-order chi connectivity index (χ1) is 13.5. The molecule has 3 aromatic carbocycles. The fraction of sp³-hybridized carbons (Fsp3) is 0. The molecule has 0 saturated carbocycles. The fourth-order valence-electron chi connectivity index (χ4n) is 2.86. The van der Waals surface area contributed by atoms with E-state index in [-0.39, 0.29) is 5.52 Å². The summed E-state index contributed by atoms with van der Waals surface area (Å²) in [6.45, 7) is 0. The highest BCUT2D eigenvalue weighted by Gasteiger charge is 2.11. The zero-order valence-electron chi connectivity index (χ0n) is 14.5. The van der Waals surface area contributed by atoms with Crippen molar-refractivity contribution in [1.82, 2.24) is 4.98 Å². The van der Waals surface area contributed by atoms with Crippen molar-refractivity contribution < 1.29 is 4.39 Å². The minimum Gasteiger partial charge on any atom is -0.397 e. The molecule has 4 N–H and O–H groups in total. The molecule has 0 bridgehead atoms. The maximum absolute atomic E-state index is 14.4. The number of benzene rings is 3. The Morgan fingerprint density at radius 1 is 0.821 bits per heavy atom. The standard InChI is InChI=1S/C21H15Cl2FN4/c22-14-9-8-12(10-15(14)23)26-19-11-20(27-18-7-2-1-6-17(18)25)28-21-13(19)4-3-5-16(21)24/h1-11H,25H2,(H2,26,27,28). The third-order valence-corrected chi connectivity index (χ3v) is 4.95. The van der Waals surface area contributed by atoms with Gasteiger partial charge in [-0.05, 0) is 36.4 Å². The van der Waals surface area contributed by atoms with Crippen molar-refractivity contribution in [3.05, 3.63) is 82.6 Å². The molecule has 0 aliphatic carbocycles. The minimum atomic E-state index is -0.417. The van der Waals surface area contributed by atoms with Crippen molar-refractivity contribution in [3.63, 3.8) is 0 Å². The van der Waals surface area contributed by atoms with E-state index in [1.165, 1.54) is 6.07 Å².